The van der Waals surface area contributed by atoms with Gasteiger partial charge in [0.2, 0.25) is 5.76 Å². The third-order valence-electron chi connectivity index (χ3n) is 6.12. The number of aromatic nitrogens is 1. The molecule has 1 aliphatic heterocycles. The molecular weight excluding hydrogens is 468 g/mol. The molecule has 5 rings (SSSR count). The molecule has 1 atom stereocenters. The highest BCUT2D eigenvalue weighted by Crippen LogP contribution is 2.43. The first-order valence-corrected chi connectivity index (χ1v) is 11.9. The number of hydrogen-bond acceptors (Lipinski definition) is 8. The number of phenols is 1. The summed E-state index contributed by atoms with van der Waals surface area (Å²) in [5, 5.41) is 10.8. The fourth-order valence-electron chi connectivity index (χ4n) is 4.31. The quantitative estimate of drug-likeness (QED) is 0.409. The van der Waals surface area contributed by atoms with Gasteiger partial charge in [0.15, 0.2) is 10.6 Å². The van der Waals surface area contributed by atoms with Crippen molar-refractivity contribution in [2.75, 3.05) is 11.5 Å². The second kappa shape index (κ2) is 8.35. The van der Waals surface area contributed by atoms with Crippen LogP contribution in [0.4, 0.5) is 5.13 Å². The van der Waals surface area contributed by atoms with Crippen LogP contribution >= 0.6 is 11.3 Å². The third-order valence-corrected chi connectivity index (χ3v) is 7.26. The molecule has 4 aromatic rings. The van der Waals surface area contributed by atoms with Crippen molar-refractivity contribution >= 4 is 39.3 Å². The van der Waals surface area contributed by atoms with E-state index in [2.05, 4.69) is 4.98 Å². The fourth-order valence-corrected chi connectivity index (χ4v) is 5.29. The Morgan fingerprint density at radius 1 is 1.17 bits per heavy atom. The number of benzene rings is 2. The Labute approximate surface area is 204 Å². The third kappa shape index (κ3) is 3.59. The van der Waals surface area contributed by atoms with Gasteiger partial charge < -0.3 is 14.3 Å². The monoisotopic (exact) mass is 490 g/mol. The van der Waals surface area contributed by atoms with E-state index < -0.39 is 17.9 Å². The highest BCUT2D eigenvalue weighted by Gasteiger charge is 2.45. The standard InChI is InChI=1S/C26H22N2O6S/c1-5-33-25(32)23-14(4)27-26(35-23)28-20(15-7-6-8-16(29)11-15)19-21(30)17-9-12(2)13(3)10-18(17)34-22(19)24(28)31/h6-11,20,29H,5H2,1-4H3/t20-/m1/s1. The van der Waals surface area contributed by atoms with Gasteiger partial charge in [-0.05, 0) is 68.7 Å². The Morgan fingerprint density at radius 3 is 2.63 bits per heavy atom. The molecule has 1 N–H and O–H groups in total. The van der Waals surface area contributed by atoms with Crippen LogP contribution in [0.15, 0.2) is 45.6 Å². The molecule has 0 fully saturated rings. The van der Waals surface area contributed by atoms with Crippen molar-refractivity contribution in [1.29, 1.82) is 0 Å². The van der Waals surface area contributed by atoms with Crippen molar-refractivity contribution in [3.63, 3.8) is 0 Å². The van der Waals surface area contributed by atoms with Gasteiger partial charge in [0.1, 0.15) is 16.2 Å². The van der Waals surface area contributed by atoms with Crippen molar-refractivity contribution in [2.24, 2.45) is 0 Å². The molecule has 1 amide bonds. The average Bonchev–Trinajstić information content (AvgIpc) is 3.33. The number of aryl methyl sites for hydroxylation is 3. The van der Waals surface area contributed by atoms with Crippen LogP contribution in [0.3, 0.4) is 0 Å². The molecule has 0 radical (unpaired) electrons. The number of esters is 1. The van der Waals surface area contributed by atoms with Crippen LogP contribution in [0.2, 0.25) is 0 Å². The van der Waals surface area contributed by atoms with Crippen LogP contribution in [0.1, 0.15) is 61.1 Å². The van der Waals surface area contributed by atoms with Crippen molar-refractivity contribution in [3.8, 4) is 5.75 Å². The molecule has 35 heavy (non-hydrogen) atoms. The van der Waals surface area contributed by atoms with Crippen molar-refractivity contribution in [1.82, 2.24) is 4.98 Å². The molecule has 3 heterocycles. The van der Waals surface area contributed by atoms with E-state index >= 15 is 0 Å². The van der Waals surface area contributed by atoms with E-state index in [1.807, 2.05) is 13.8 Å². The van der Waals surface area contributed by atoms with Crippen molar-refractivity contribution in [3.05, 3.63) is 85.2 Å². The molecule has 0 bridgehead atoms. The SMILES string of the molecule is CCOC(=O)c1sc(N2C(=O)c3oc4cc(C)c(C)cc4c(=O)c3[C@H]2c2cccc(O)c2)nc1C. The lowest BCUT2D eigenvalue weighted by molar-refractivity contribution is 0.0531. The van der Waals surface area contributed by atoms with Crippen LogP contribution in [0, 0.1) is 20.8 Å². The van der Waals surface area contributed by atoms with Crippen molar-refractivity contribution in [2.45, 2.75) is 33.7 Å². The summed E-state index contributed by atoms with van der Waals surface area (Å²) in [7, 11) is 0. The molecule has 178 valence electrons. The minimum absolute atomic E-state index is 0.0115. The predicted octanol–water partition coefficient (Wildman–Crippen LogP) is 4.81. The van der Waals surface area contributed by atoms with Crippen LogP contribution in [-0.4, -0.2) is 28.6 Å². The maximum atomic E-state index is 13.7. The molecular formula is C26H22N2O6S. The summed E-state index contributed by atoms with van der Waals surface area (Å²) in [6, 6.07) is 8.97. The average molecular weight is 491 g/mol. The first kappa shape index (κ1) is 22.8. The van der Waals surface area contributed by atoms with Gasteiger partial charge in [-0.15, -0.1) is 0 Å². The number of rotatable bonds is 4. The summed E-state index contributed by atoms with van der Waals surface area (Å²) in [5.41, 5.74) is 2.95. The lowest BCUT2D eigenvalue weighted by atomic mass is 9.97. The summed E-state index contributed by atoms with van der Waals surface area (Å²) in [6.45, 7) is 7.38. The largest absolute Gasteiger partial charge is 0.508 e. The summed E-state index contributed by atoms with van der Waals surface area (Å²) < 4.78 is 11.1. The zero-order chi connectivity index (χ0) is 25.0. The molecule has 0 saturated carbocycles. The number of amides is 1. The molecule has 2 aromatic carbocycles. The fraction of sp³-hybridized carbons (Fsp3) is 0.231. The number of hydrogen-bond donors (Lipinski definition) is 1. The number of carbonyl (C=O) groups is 2. The normalized spacial score (nSPS) is 15.0. The lowest BCUT2D eigenvalue weighted by Gasteiger charge is -2.22. The van der Waals surface area contributed by atoms with E-state index in [9.17, 15) is 19.5 Å². The van der Waals surface area contributed by atoms with Crippen LogP contribution in [-0.2, 0) is 4.74 Å². The number of aromatic hydroxyl groups is 1. The first-order chi connectivity index (χ1) is 16.7. The molecule has 2 aromatic heterocycles. The van der Waals surface area contributed by atoms with Gasteiger partial charge in [-0.3, -0.25) is 14.5 Å². The Balaban J connectivity index is 1.77. The summed E-state index contributed by atoms with van der Waals surface area (Å²) in [4.78, 5) is 46.0. The topological polar surface area (TPSA) is 110 Å². The molecule has 0 unspecified atom stereocenters. The molecule has 0 saturated heterocycles. The zero-order valence-corrected chi connectivity index (χ0v) is 20.4. The van der Waals surface area contributed by atoms with Gasteiger partial charge in [0, 0.05) is 0 Å². The Kier molecular flexibility index (Phi) is 5.44. The highest BCUT2D eigenvalue weighted by atomic mass is 32.1. The van der Waals surface area contributed by atoms with Crippen LogP contribution < -0.4 is 10.3 Å². The van der Waals surface area contributed by atoms with Gasteiger partial charge in [0.25, 0.3) is 5.91 Å². The molecule has 0 spiro atoms. The zero-order valence-electron chi connectivity index (χ0n) is 19.5. The first-order valence-electron chi connectivity index (χ1n) is 11.1. The highest BCUT2D eigenvalue weighted by molar-refractivity contribution is 7.17. The molecule has 8 nitrogen and oxygen atoms in total. The van der Waals surface area contributed by atoms with Gasteiger partial charge >= 0.3 is 5.97 Å². The summed E-state index contributed by atoms with van der Waals surface area (Å²) in [5.74, 6) is -1.17. The van der Waals surface area contributed by atoms with E-state index in [0.717, 1.165) is 22.5 Å². The second-order valence-corrected chi connectivity index (χ2v) is 9.39. The number of nitrogens with zero attached hydrogens (tertiary/aromatic N) is 2. The Hall–Kier alpha value is -3.98. The maximum absolute atomic E-state index is 13.7. The Morgan fingerprint density at radius 2 is 1.91 bits per heavy atom. The summed E-state index contributed by atoms with van der Waals surface area (Å²) >= 11 is 1.01. The number of phenolic OH excluding ortho intramolecular Hbond substituents is 1. The molecule has 1 aliphatic rings. The minimum atomic E-state index is -0.896. The van der Waals surface area contributed by atoms with Crippen molar-refractivity contribution < 1.29 is 23.8 Å². The lowest BCUT2D eigenvalue weighted by Crippen LogP contribution is -2.29. The Bertz CT molecular complexity index is 1580. The van der Waals surface area contributed by atoms with E-state index in [1.165, 1.54) is 17.0 Å². The van der Waals surface area contributed by atoms with E-state index in [4.69, 9.17) is 9.15 Å². The van der Waals surface area contributed by atoms with E-state index in [-0.39, 0.29) is 39.1 Å². The molecule has 0 aliphatic carbocycles. The smallest absolute Gasteiger partial charge is 0.350 e. The minimum Gasteiger partial charge on any atom is -0.508 e. The van der Waals surface area contributed by atoms with Crippen LogP contribution in [0.5, 0.6) is 5.75 Å². The van der Waals surface area contributed by atoms with Gasteiger partial charge in [-0.1, -0.05) is 23.5 Å². The molecule has 9 heteroatoms. The van der Waals surface area contributed by atoms with Gasteiger partial charge in [-0.25, -0.2) is 9.78 Å². The van der Waals surface area contributed by atoms with Gasteiger partial charge in [0.05, 0.1) is 29.3 Å². The number of anilines is 1. The number of thiazole rings is 1. The number of fused-ring (bicyclic) bond motifs is 2. The number of carbonyl (C=O) groups excluding carboxylic acids is 2. The maximum Gasteiger partial charge on any atom is 0.350 e. The van der Waals surface area contributed by atoms with E-state index in [1.54, 1.807) is 38.1 Å². The van der Waals surface area contributed by atoms with Gasteiger partial charge in [-0.2, -0.15) is 0 Å². The number of ether oxygens (including phenoxy) is 1. The second-order valence-electron chi connectivity index (χ2n) is 8.41. The van der Waals surface area contributed by atoms with Crippen LogP contribution in [0.25, 0.3) is 11.0 Å². The van der Waals surface area contributed by atoms with E-state index in [0.29, 0.717) is 22.2 Å². The predicted molar refractivity (Wildman–Crippen MR) is 132 cm³/mol. The summed E-state index contributed by atoms with van der Waals surface area (Å²) in [6.07, 6.45) is 0.